The number of hydrogen-bond acceptors (Lipinski definition) is 2. The van der Waals surface area contributed by atoms with Crippen LogP contribution in [0.4, 0.5) is 0 Å². The molecule has 0 N–H and O–H groups in total. The second-order valence-electron chi connectivity index (χ2n) is 3.17. The molecule has 3 aromatic heterocycles. The molecule has 0 aliphatic rings. The van der Waals surface area contributed by atoms with Gasteiger partial charge in [0.15, 0.2) is 5.82 Å². The second kappa shape index (κ2) is 3.36. The van der Waals surface area contributed by atoms with Crippen molar-refractivity contribution in [2.75, 3.05) is 0 Å². The van der Waals surface area contributed by atoms with Gasteiger partial charge in [-0.05, 0) is 23.6 Å². The molecule has 0 fully saturated rings. The third-order valence-corrected chi connectivity index (χ3v) is 3.45. The van der Waals surface area contributed by atoms with Gasteiger partial charge < -0.3 is 0 Å². The van der Waals surface area contributed by atoms with Gasteiger partial charge in [0.25, 0.3) is 0 Å². The Morgan fingerprint density at radius 1 is 1.27 bits per heavy atom. The minimum absolute atomic E-state index is 0.729. The monoisotopic (exact) mass is 234 g/mol. The molecule has 3 heterocycles. The van der Waals surface area contributed by atoms with Crippen molar-refractivity contribution in [3.05, 3.63) is 47.1 Å². The summed E-state index contributed by atoms with van der Waals surface area (Å²) < 4.78 is 2.01. The van der Waals surface area contributed by atoms with E-state index in [-0.39, 0.29) is 0 Å². The van der Waals surface area contributed by atoms with Gasteiger partial charge in [0.2, 0.25) is 0 Å². The average molecular weight is 235 g/mol. The summed E-state index contributed by atoms with van der Waals surface area (Å²) in [7, 11) is 0. The molecule has 0 spiro atoms. The van der Waals surface area contributed by atoms with Gasteiger partial charge in [-0.3, -0.25) is 4.40 Å². The maximum atomic E-state index is 6.07. The zero-order chi connectivity index (χ0) is 10.3. The molecular weight excluding hydrogens is 228 g/mol. The van der Waals surface area contributed by atoms with Crippen LogP contribution >= 0.6 is 22.9 Å². The molecule has 0 radical (unpaired) electrons. The molecule has 0 saturated carbocycles. The summed E-state index contributed by atoms with van der Waals surface area (Å²) in [6.45, 7) is 0. The fourth-order valence-corrected chi connectivity index (χ4v) is 2.51. The lowest BCUT2D eigenvalue weighted by Gasteiger charge is -1.98. The van der Waals surface area contributed by atoms with Gasteiger partial charge in [0.1, 0.15) is 0 Å². The zero-order valence-corrected chi connectivity index (χ0v) is 9.29. The van der Waals surface area contributed by atoms with E-state index in [1.165, 1.54) is 0 Å². The number of thiophene rings is 1. The maximum absolute atomic E-state index is 6.07. The number of imidazole rings is 1. The van der Waals surface area contributed by atoms with Crippen LogP contribution in [0.2, 0.25) is 5.02 Å². The standard InChI is InChI=1S/C11H7ClN2S/c12-8-3-1-5-14-9(8)7-13-11(14)10-4-2-6-15-10/h1-7H. The predicted octanol–water partition coefficient (Wildman–Crippen LogP) is 3.72. The van der Waals surface area contributed by atoms with Gasteiger partial charge in [0, 0.05) is 6.20 Å². The molecule has 2 nitrogen and oxygen atoms in total. The Kier molecular flexibility index (Phi) is 2.01. The number of rotatable bonds is 1. The Morgan fingerprint density at radius 3 is 3.00 bits per heavy atom. The Morgan fingerprint density at radius 2 is 2.20 bits per heavy atom. The topological polar surface area (TPSA) is 17.3 Å². The first-order chi connectivity index (χ1) is 7.36. The van der Waals surface area contributed by atoms with Crippen molar-refractivity contribution in [2.45, 2.75) is 0 Å². The first-order valence-corrected chi connectivity index (χ1v) is 5.77. The fraction of sp³-hybridized carbons (Fsp3) is 0. The van der Waals surface area contributed by atoms with Crippen LogP contribution in [0.25, 0.3) is 16.2 Å². The molecule has 0 amide bonds. The van der Waals surface area contributed by atoms with E-state index in [1.807, 2.05) is 34.2 Å². The van der Waals surface area contributed by atoms with Crippen molar-refractivity contribution >= 4 is 28.5 Å². The molecule has 3 aromatic rings. The molecule has 0 atom stereocenters. The van der Waals surface area contributed by atoms with Crippen molar-refractivity contribution in [3.63, 3.8) is 0 Å². The normalized spacial score (nSPS) is 11.0. The first-order valence-electron chi connectivity index (χ1n) is 4.52. The summed E-state index contributed by atoms with van der Waals surface area (Å²) in [5, 5.41) is 2.77. The van der Waals surface area contributed by atoms with Gasteiger partial charge in [-0.15, -0.1) is 11.3 Å². The largest absolute Gasteiger partial charge is 0.298 e. The van der Waals surface area contributed by atoms with Crippen LogP contribution in [-0.4, -0.2) is 9.38 Å². The summed E-state index contributed by atoms with van der Waals surface area (Å²) in [5.41, 5.74) is 0.947. The molecule has 0 aliphatic carbocycles. The average Bonchev–Trinajstić information content (AvgIpc) is 2.85. The Hall–Kier alpha value is -1.32. The second-order valence-corrected chi connectivity index (χ2v) is 4.53. The van der Waals surface area contributed by atoms with E-state index in [2.05, 4.69) is 11.1 Å². The highest BCUT2D eigenvalue weighted by atomic mass is 35.5. The summed E-state index contributed by atoms with van der Waals surface area (Å²) in [4.78, 5) is 5.54. The third-order valence-electron chi connectivity index (χ3n) is 2.26. The van der Waals surface area contributed by atoms with Crippen LogP contribution in [0.3, 0.4) is 0 Å². The highest BCUT2D eigenvalue weighted by Crippen LogP contribution is 2.26. The Bertz CT molecular complexity index is 598. The van der Waals surface area contributed by atoms with E-state index >= 15 is 0 Å². The lowest BCUT2D eigenvalue weighted by molar-refractivity contribution is 1.17. The molecule has 0 unspecified atom stereocenters. The summed E-state index contributed by atoms with van der Waals surface area (Å²) >= 11 is 7.75. The third kappa shape index (κ3) is 1.35. The number of fused-ring (bicyclic) bond motifs is 1. The highest BCUT2D eigenvalue weighted by Gasteiger charge is 2.08. The van der Waals surface area contributed by atoms with Gasteiger partial charge in [-0.2, -0.15) is 0 Å². The van der Waals surface area contributed by atoms with Crippen LogP contribution in [-0.2, 0) is 0 Å². The molecule has 15 heavy (non-hydrogen) atoms. The highest BCUT2D eigenvalue weighted by molar-refractivity contribution is 7.13. The van der Waals surface area contributed by atoms with E-state index in [1.54, 1.807) is 17.5 Å². The molecule has 0 saturated heterocycles. The smallest absolute Gasteiger partial charge is 0.154 e. The van der Waals surface area contributed by atoms with E-state index in [0.717, 1.165) is 21.2 Å². The molecule has 0 bridgehead atoms. The quantitative estimate of drug-likeness (QED) is 0.627. The fourth-order valence-electron chi connectivity index (χ4n) is 1.58. The molecule has 0 aliphatic heterocycles. The van der Waals surface area contributed by atoms with Crippen LogP contribution in [0.15, 0.2) is 42.0 Å². The minimum atomic E-state index is 0.729. The van der Waals surface area contributed by atoms with Crippen molar-refractivity contribution < 1.29 is 0 Å². The van der Waals surface area contributed by atoms with Crippen molar-refractivity contribution in [2.24, 2.45) is 0 Å². The lowest BCUT2D eigenvalue weighted by Crippen LogP contribution is -1.86. The maximum Gasteiger partial charge on any atom is 0.154 e. The SMILES string of the molecule is Clc1cccn2c(-c3cccs3)ncc12. The summed E-state index contributed by atoms with van der Waals surface area (Å²) in [6, 6.07) is 7.87. The number of pyridine rings is 1. The van der Waals surface area contributed by atoms with Crippen LogP contribution in [0.1, 0.15) is 0 Å². The molecule has 0 aromatic carbocycles. The lowest BCUT2D eigenvalue weighted by atomic mass is 10.4. The minimum Gasteiger partial charge on any atom is -0.298 e. The van der Waals surface area contributed by atoms with Gasteiger partial charge in [-0.1, -0.05) is 17.7 Å². The van der Waals surface area contributed by atoms with E-state index in [9.17, 15) is 0 Å². The van der Waals surface area contributed by atoms with Crippen LogP contribution in [0, 0.1) is 0 Å². The molecule has 4 heteroatoms. The van der Waals surface area contributed by atoms with Crippen LogP contribution < -0.4 is 0 Å². The van der Waals surface area contributed by atoms with Crippen LogP contribution in [0.5, 0.6) is 0 Å². The summed E-state index contributed by atoms with van der Waals surface area (Å²) in [6.07, 6.45) is 3.78. The molecule has 3 rings (SSSR count). The Balaban J connectivity index is 2.34. The predicted molar refractivity (Wildman–Crippen MR) is 63.5 cm³/mol. The molecule has 74 valence electrons. The zero-order valence-electron chi connectivity index (χ0n) is 7.72. The van der Waals surface area contributed by atoms with Crippen molar-refractivity contribution in [1.29, 1.82) is 0 Å². The van der Waals surface area contributed by atoms with E-state index < -0.39 is 0 Å². The van der Waals surface area contributed by atoms with Gasteiger partial charge >= 0.3 is 0 Å². The first kappa shape index (κ1) is 8.95. The van der Waals surface area contributed by atoms with Crippen molar-refractivity contribution in [1.82, 2.24) is 9.38 Å². The number of halogens is 1. The number of nitrogens with zero attached hydrogens (tertiary/aromatic N) is 2. The van der Waals surface area contributed by atoms with Gasteiger partial charge in [0.05, 0.1) is 21.6 Å². The number of aromatic nitrogens is 2. The molecular formula is C11H7ClN2S. The number of hydrogen-bond donors (Lipinski definition) is 0. The summed E-state index contributed by atoms with van der Waals surface area (Å²) in [5.74, 6) is 0.947. The van der Waals surface area contributed by atoms with E-state index in [0.29, 0.717) is 0 Å². The van der Waals surface area contributed by atoms with Gasteiger partial charge in [-0.25, -0.2) is 4.98 Å². The van der Waals surface area contributed by atoms with E-state index in [4.69, 9.17) is 11.6 Å². The Labute approximate surface area is 95.8 Å². The van der Waals surface area contributed by atoms with Crippen molar-refractivity contribution in [3.8, 4) is 10.7 Å².